The van der Waals surface area contributed by atoms with E-state index < -0.39 is 0 Å². The molecule has 0 bridgehead atoms. The maximum Gasteiger partial charge on any atom is 0.128 e. The molecule has 0 amide bonds. The lowest BCUT2D eigenvalue weighted by atomic mass is 10.1. The normalized spacial score (nSPS) is 12.7. The standard InChI is InChI=1S/C13H15BrClN3/c1-9(10-3-5-11(14)6-4-10)16-8-13-17-7-12(15)18(13)2/h3-7,9,16H,8H2,1-2H3/t9-/m0/s1. The van der Waals surface area contributed by atoms with Crippen LogP contribution in [-0.2, 0) is 13.6 Å². The molecule has 2 aromatic rings. The smallest absolute Gasteiger partial charge is 0.128 e. The van der Waals surface area contributed by atoms with E-state index in [-0.39, 0.29) is 6.04 Å². The van der Waals surface area contributed by atoms with E-state index in [1.165, 1.54) is 5.56 Å². The van der Waals surface area contributed by atoms with E-state index in [0.717, 1.165) is 10.3 Å². The Labute approximate surface area is 120 Å². The van der Waals surface area contributed by atoms with Gasteiger partial charge in [0.25, 0.3) is 0 Å². The Bertz CT molecular complexity index is 522. The molecule has 0 aliphatic carbocycles. The molecule has 2 rings (SSSR count). The van der Waals surface area contributed by atoms with Crippen molar-refractivity contribution in [1.29, 1.82) is 0 Å². The molecule has 18 heavy (non-hydrogen) atoms. The lowest BCUT2D eigenvalue weighted by Crippen LogP contribution is -2.20. The van der Waals surface area contributed by atoms with Gasteiger partial charge in [-0.1, -0.05) is 39.7 Å². The maximum atomic E-state index is 5.95. The van der Waals surface area contributed by atoms with Crippen molar-refractivity contribution in [2.75, 3.05) is 0 Å². The molecule has 1 aromatic carbocycles. The van der Waals surface area contributed by atoms with Crippen LogP contribution in [-0.4, -0.2) is 9.55 Å². The SMILES string of the molecule is C[C@H](NCc1ncc(Cl)n1C)c1ccc(Br)cc1. The highest BCUT2D eigenvalue weighted by atomic mass is 79.9. The van der Waals surface area contributed by atoms with Gasteiger partial charge in [-0.25, -0.2) is 4.98 Å². The molecule has 1 atom stereocenters. The number of nitrogens with zero attached hydrogens (tertiary/aromatic N) is 2. The Kier molecular flexibility index (Phi) is 4.43. The molecule has 5 heteroatoms. The summed E-state index contributed by atoms with van der Waals surface area (Å²) in [6.45, 7) is 2.83. The molecule has 1 aromatic heterocycles. The molecule has 0 aliphatic rings. The lowest BCUT2D eigenvalue weighted by molar-refractivity contribution is 0.549. The molecule has 0 unspecified atom stereocenters. The number of hydrogen-bond acceptors (Lipinski definition) is 2. The molecule has 1 N–H and O–H groups in total. The van der Waals surface area contributed by atoms with Crippen LogP contribution in [0.2, 0.25) is 5.15 Å². The largest absolute Gasteiger partial charge is 0.321 e. The summed E-state index contributed by atoms with van der Waals surface area (Å²) in [6, 6.07) is 8.57. The zero-order valence-electron chi connectivity index (χ0n) is 10.3. The summed E-state index contributed by atoms with van der Waals surface area (Å²) in [6.07, 6.45) is 1.67. The van der Waals surface area contributed by atoms with Crippen molar-refractivity contribution in [2.24, 2.45) is 7.05 Å². The summed E-state index contributed by atoms with van der Waals surface area (Å²) in [5.74, 6) is 0.934. The fourth-order valence-electron chi connectivity index (χ4n) is 1.70. The van der Waals surface area contributed by atoms with Crippen molar-refractivity contribution in [3.63, 3.8) is 0 Å². The third-order valence-electron chi connectivity index (χ3n) is 2.96. The van der Waals surface area contributed by atoms with Crippen molar-refractivity contribution in [3.8, 4) is 0 Å². The van der Waals surface area contributed by atoms with Crippen LogP contribution in [0.4, 0.5) is 0 Å². The van der Waals surface area contributed by atoms with Gasteiger partial charge in [-0.3, -0.25) is 0 Å². The number of benzene rings is 1. The topological polar surface area (TPSA) is 29.9 Å². The average molecular weight is 329 g/mol. The number of rotatable bonds is 4. The summed E-state index contributed by atoms with van der Waals surface area (Å²) in [7, 11) is 1.91. The van der Waals surface area contributed by atoms with Crippen LogP contribution in [0.3, 0.4) is 0 Å². The highest BCUT2D eigenvalue weighted by Crippen LogP contribution is 2.17. The fraction of sp³-hybridized carbons (Fsp3) is 0.308. The number of aromatic nitrogens is 2. The monoisotopic (exact) mass is 327 g/mol. The van der Waals surface area contributed by atoms with Crippen LogP contribution in [0.1, 0.15) is 24.4 Å². The number of halogens is 2. The first kappa shape index (κ1) is 13.6. The molecule has 0 aliphatic heterocycles. The van der Waals surface area contributed by atoms with Crippen LogP contribution in [0.15, 0.2) is 34.9 Å². The highest BCUT2D eigenvalue weighted by Gasteiger charge is 2.08. The quantitative estimate of drug-likeness (QED) is 0.927. The zero-order valence-corrected chi connectivity index (χ0v) is 12.7. The van der Waals surface area contributed by atoms with Gasteiger partial charge in [-0.05, 0) is 24.6 Å². The van der Waals surface area contributed by atoms with E-state index in [9.17, 15) is 0 Å². The molecular formula is C13H15BrClN3. The third kappa shape index (κ3) is 3.13. The number of hydrogen-bond donors (Lipinski definition) is 1. The van der Waals surface area contributed by atoms with Crippen LogP contribution >= 0.6 is 27.5 Å². The molecule has 1 heterocycles. The van der Waals surface area contributed by atoms with Crippen molar-refractivity contribution in [3.05, 3.63) is 51.5 Å². The average Bonchev–Trinajstić information content (AvgIpc) is 2.68. The van der Waals surface area contributed by atoms with E-state index in [1.54, 1.807) is 6.20 Å². The van der Waals surface area contributed by atoms with Gasteiger partial charge < -0.3 is 9.88 Å². The second-order valence-electron chi connectivity index (χ2n) is 4.21. The van der Waals surface area contributed by atoms with E-state index in [2.05, 4.69) is 45.3 Å². The third-order valence-corrected chi connectivity index (χ3v) is 3.84. The Balaban J connectivity index is 1.98. The Hall–Kier alpha value is -0.840. The second-order valence-corrected chi connectivity index (χ2v) is 5.51. The molecule has 0 spiro atoms. The van der Waals surface area contributed by atoms with Gasteiger partial charge >= 0.3 is 0 Å². The zero-order chi connectivity index (χ0) is 13.1. The molecule has 0 saturated heterocycles. The van der Waals surface area contributed by atoms with Crippen LogP contribution in [0.5, 0.6) is 0 Å². The van der Waals surface area contributed by atoms with Crippen molar-refractivity contribution >= 4 is 27.5 Å². The first-order valence-corrected chi connectivity index (χ1v) is 6.90. The van der Waals surface area contributed by atoms with Gasteiger partial charge in [0.1, 0.15) is 11.0 Å². The van der Waals surface area contributed by atoms with E-state index in [1.807, 2.05) is 23.7 Å². The first-order valence-electron chi connectivity index (χ1n) is 5.73. The van der Waals surface area contributed by atoms with Gasteiger partial charge in [0.05, 0.1) is 12.7 Å². The minimum Gasteiger partial charge on any atom is -0.321 e. The van der Waals surface area contributed by atoms with E-state index >= 15 is 0 Å². The molecular weight excluding hydrogens is 314 g/mol. The fourth-order valence-corrected chi connectivity index (χ4v) is 2.11. The maximum absolute atomic E-state index is 5.95. The van der Waals surface area contributed by atoms with E-state index in [0.29, 0.717) is 11.7 Å². The Morgan fingerprint density at radius 3 is 2.61 bits per heavy atom. The van der Waals surface area contributed by atoms with Gasteiger partial charge in [-0.15, -0.1) is 0 Å². The van der Waals surface area contributed by atoms with Crippen molar-refractivity contribution in [2.45, 2.75) is 19.5 Å². The lowest BCUT2D eigenvalue weighted by Gasteiger charge is -2.14. The second kappa shape index (κ2) is 5.87. The van der Waals surface area contributed by atoms with Crippen molar-refractivity contribution in [1.82, 2.24) is 14.9 Å². The van der Waals surface area contributed by atoms with Crippen LogP contribution in [0.25, 0.3) is 0 Å². The Morgan fingerprint density at radius 2 is 2.06 bits per heavy atom. The minimum atomic E-state index is 0.272. The van der Waals surface area contributed by atoms with Crippen LogP contribution < -0.4 is 5.32 Å². The summed E-state index contributed by atoms with van der Waals surface area (Å²) >= 11 is 9.38. The summed E-state index contributed by atoms with van der Waals surface area (Å²) < 4.78 is 2.97. The van der Waals surface area contributed by atoms with Gasteiger partial charge in [-0.2, -0.15) is 0 Å². The molecule has 0 saturated carbocycles. The molecule has 3 nitrogen and oxygen atoms in total. The predicted octanol–water partition coefficient (Wildman–Crippen LogP) is 3.69. The minimum absolute atomic E-state index is 0.272. The Morgan fingerprint density at radius 1 is 1.39 bits per heavy atom. The molecule has 0 radical (unpaired) electrons. The highest BCUT2D eigenvalue weighted by molar-refractivity contribution is 9.10. The molecule has 96 valence electrons. The van der Waals surface area contributed by atoms with Gasteiger partial charge in [0.15, 0.2) is 0 Å². The van der Waals surface area contributed by atoms with Crippen LogP contribution in [0, 0.1) is 0 Å². The number of imidazole rings is 1. The van der Waals surface area contributed by atoms with E-state index in [4.69, 9.17) is 11.6 Å². The summed E-state index contributed by atoms with van der Waals surface area (Å²) in [5.41, 5.74) is 1.25. The number of nitrogens with one attached hydrogen (secondary N) is 1. The van der Waals surface area contributed by atoms with Gasteiger partial charge in [0, 0.05) is 17.6 Å². The summed E-state index contributed by atoms with van der Waals surface area (Å²) in [4.78, 5) is 4.26. The summed E-state index contributed by atoms with van der Waals surface area (Å²) in [5, 5.41) is 4.09. The van der Waals surface area contributed by atoms with Gasteiger partial charge in [0.2, 0.25) is 0 Å². The predicted molar refractivity (Wildman–Crippen MR) is 77.6 cm³/mol. The first-order chi connectivity index (χ1) is 8.58. The van der Waals surface area contributed by atoms with Crippen molar-refractivity contribution < 1.29 is 0 Å². The molecule has 0 fully saturated rings.